The monoisotopic (exact) mass is 284 g/mol. The van der Waals surface area contributed by atoms with E-state index in [0.717, 1.165) is 52.8 Å². The predicted octanol–water partition coefficient (Wildman–Crippen LogP) is 3.44. The molecule has 0 unspecified atom stereocenters. The zero-order chi connectivity index (χ0) is 13.7. The van der Waals surface area contributed by atoms with Crippen molar-refractivity contribution in [2.45, 2.75) is 19.3 Å². The van der Waals surface area contributed by atoms with Gasteiger partial charge in [0.15, 0.2) is 6.29 Å². The Hall–Kier alpha value is -2.14. The lowest BCUT2D eigenvalue weighted by Gasteiger charge is -2.08. The number of aldehydes is 1. The fourth-order valence-electron chi connectivity index (χ4n) is 2.94. The molecule has 0 radical (unpaired) electrons. The smallest absolute Gasteiger partial charge is 0.162 e. The quantitative estimate of drug-likeness (QED) is 0.732. The van der Waals surface area contributed by atoms with Gasteiger partial charge in [-0.2, -0.15) is 0 Å². The van der Waals surface area contributed by atoms with Crippen LogP contribution in [0.4, 0.5) is 5.69 Å². The summed E-state index contributed by atoms with van der Waals surface area (Å²) in [5.41, 5.74) is 10.0. The number of furan rings is 1. The van der Waals surface area contributed by atoms with Crippen molar-refractivity contribution in [2.24, 2.45) is 0 Å². The summed E-state index contributed by atoms with van der Waals surface area (Å²) in [6, 6.07) is 3.80. The molecule has 3 aromatic heterocycles. The number of carbonyl (C=O) groups is 1. The van der Waals surface area contributed by atoms with Gasteiger partial charge < -0.3 is 10.2 Å². The molecule has 20 heavy (non-hydrogen) atoms. The van der Waals surface area contributed by atoms with Crippen LogP contribution in [-0.2, 0) is 12.8 Å². The third-order valence-corrected chi connectivity index (χ3v) is 4.83. The van der Waals surface area contributed by atoms with Crippen LogP contribution in [0.5, 0.6) is 0 Å². The zero-order valence-corrected chi connectivity index (χ0v) is 11.5. The third-order valence-electron chi connectivity index (χ3n) is 3.81. The van der Waals surface area contributed by atoms with Gasteiger partial charge in [0.25, 0.3) is 0 Å². The minimum absolute atomic E-state index is 0.522. The Morgan fingerprint density at radius 3 is 3.05 bits per heavy atom. The molecule has 0 aliphatic heterocycles. The van der Waals surface area contributed by atoms with Crippen molar-refractivity contribution in [3.8, 4) is 11.3 Å². The van der Waals surface area contributed by atoms with Gasteiger partial charge in [0.05, 0.1) is 16.8 Å². The van der Waals surface area contributed by atoms with Crippen LogP contribution in [0, 0.1) is 0 Å². The molecule has 3 heterocycles. The number of pyridine rings is 1. The number of aromatic nitrogens is 1. The van der Waals surface area contributed by atoms with Gasteiger partial charge in [-0.25, -0.2) is 4.98 Å². The third kappa shape index (κ3) is 1.47. The highest BCUT2D eigenvalue weighted by Gasteiger charge is 2.25. The van der Waals surface area contributed by atoms with Gasteiger partial charge in [-0.1, -0.05) is 0 Å². The van der Waals surface area contributed by atoms with Gasteiger partial charge in [-0.3, -0.25) is 4.79 Å². The van der Waals surface area contributed by atoms with Crippen LogP contribution in [0.3, 0.4) is 0 Å². The molecule has 0 saturated carbocycles. The molecular weight excluding hydrogens is 272 g/mol. The molecule has 4 rings (SSSR count). The number of thiophene rings is 1. The fourth-order valence-corrected chi connectivity index (χ4v) is 3.88. The Labute approximate surface area is 119 Å². The van der Waals surface area contributed by atoms with Gasteiger partial charge in [-0.05, 0) is 37.0 Å². The summed E-state index contributed by atoms with van der Waals surface area (Å²) in [4.78, 5) is 17.2. The minimum Gasteiger partial charge on any atom is -0.464 e. The predicted molar refractivity (Wildman–Crippen MR) is 79.1 cm³/mol. The maximum Gasteiger partial charge on any atom is 0.162 e. The number of hydrogen-bond donors (Lipinski definition) is 1. The van der Waals surface area contributed by atoms with Gasteiger partial charge in [0.2, 0.25) is 0 Å². The van der Waals surface area contributed by atoms with E-state index in [-0.39, 0.29) is 0 Å². The van der Waals surface area contributed by atoms with Crippen LogP contribution in [-0.4, -0.2) is 11.3 Å². The molecule has 0 amide bonds. The Balaban J connectivity index is 2.17. The van der Waals surface area contributed by atoms with Crippen LogP contribution in [0.2, 0.25) is 0 Å². The van der Waals surface area contributed by atoms with Crippen molar-refractivity contribution in [1.82, 2.24) is 4.98 Å². The van der Waals surface area contributed by atoms with Crippen LogP contribution >= 0.6 is 11.3 Å². The first-order valence-corrected chi connectivity index (χ1v) is 7.34. The number of nitrogen functional groups attached to an aromatic ring is 1. The van der Waals surface area contributed by atoms with Gasteiger partial charge in [0, 0.05) is 16.6 Å². The molecule has 0 bridgehead atoms. The molecule has 100 valence electrons. The second kappa shape index (κ2) is 4.18. The first-order chi connectivity index (χ1) is 9.79. The average molecular weight is 284 g/mol. The van der Waals surface area contributed by atoms with Crippen molar-refractivity contribution in [1.29, 1.82) is 0 Å². The standard InChI is InChI=1S/C15H12N2O2S/c16-14-11(7-18)20-15-13(14)12(10-5-2-6-19-10)8-3-1-4-9(8)17-15/h2,5-7H,1,3-4,16H2. The van der Waals surface area contributed by atoms with Gasteiger partial charge in [0.1, 0.15) is 10.6 Å². The number of fused-ring (bicyclic) bond motifs is 2. The van der Waals surface area contributed by atoms with E-state index in [1.54, 1.807) is 6.26 Å². The van der Waals surface area contributed by atoms with Crippen LogP contribution in [0.1, 0.15) is 27.3 Å². The number of hydrogen-bond acceptors (Lipinski definition) is 5. The summed E-state index contributed by atoms with van der Waals surface area (Å²) in [5, 5.41) is 0.868. The lowest BCUT2D eigenvalue weighted by Crippen LogP contribution is -1.95. The summed E-state index contributed by atoms with van der Waals surface area (Å²) in [6.45, 7) is 0. The number of aryl methyl sites for hydroxylation is 1. The Bertz CT molecular complexity index is 818. The second-order valence-electron chi connectivity index (χ2n) is 4.92. The topological polar surface area (TPSA) is 69.1 Å². The number of carbonyl (C=O) groups excluding carboxylic acids is 1. The Morgan fingerprint density at radius 2 is 2.30 bits per heavy atom. The molecule has 2 N–H and O–H groups in total. The lowest BCUT2D eigenvalue weighted by molar-refractivity contribution is 0.112. The summed E-state index contributed by atoms with van der Waals surface area (Å²) >= 11 is 1.36. The van der Waals surface area contributed by atoms with E-state index < -0.39 is 0 Å². The largest absolute Gasteiger partial charge is 0.464 e. The van der Waals surface area contributed by atoms with E-state index in [1.165, 1.54) is 16.9 Å². The molecule has 4 nitrogen and oxygen atoms in total. The minimum atomic E-state index is 0.522. The highest BCUT2D eigenvalue weighted by Crippen LogP contribution is 2.43. The Morgan fingerprint density at radius 1 is 1.40 bits per heavy atom. The molecule has 0 spiro atoms. The highest BCUT2D eigenvalue weighted by atomic mass is 32.1. The normalized spacial score (nSPS) is 13.8. The molecule has 1 aliphatic rings. The van der Waals surface area contributed by atoms with Crippen LogP contribution in [0.25, 0.3) is 21.5 Å². The summed E-state index contributed by atoms with van der Waals surface area (Å²) in [5.74, 6) is 0.803. The molecule has 1 aliphatic carbocycles. The molecule has 0 saturated heterocycles. The lowest BCUT2D eigenvalue weighted by atomic mass is 10.0. The number of nitrogens with zero attached hydrogens (tertiary/aromatic N) is 1. The highest BCUT2D eigenvalue weighted by molar-refractivity contribution is 7.21. The molecular formula is C15H12N2O2S. The van der Waals surface area contributed by atoms with E-state index in [0.29, 0.717) is 10.6 Å². The van der Waals surface area contributed by atoms with Gasteiger partial charge >= 0.3 is 0 Å². The van der Waals surface area contributed by atoms with Crippen molar-refractivity contribution in [2.75, 3.05) is 5.73 Å². The molecule has 3 aromatic rings. The molecule has 0 atom stereocenters. The first-order valence-electron chi connectivity index (χ1n) is 6.52. The van der Waals surface area contributed by atoms with E-state index in [9.17, 15) is 4.79 Å². The molecule has 0 aromatic carbocycles. The number of nitrogens with two attached hydrogens (primary N) is 1. The molecule has 0 fully saturated rings. The van der Waals surface area contributed by atoms with E-state index >= 15 is 0 Å². The van der Waals surface area contributed by atoms with Crippen molar-refractivity contribution < 1.29 is 9.21 Å². The van der Waals surface area contributed by atoms with Crippen LogP contribution < -0.4 is 5.73 Å². The molecule has 5 heteroatoms. The number of anilines is 1. The Kier molecular flexibility index (Phi) is 2.44. The van der Waals surface area contributed by atoms with Gasteiger partial charge in [-0.15, -0.1) is 11.3 Å². The van der Waals surface area contributed by atoms with Crippen molar-refractivity contribution in [3.05, 3.63) is 34.5 Å². The van der Waals surface area contributed by atoms with Crippen molar-refractivity contribution >= 4 is 33.5 Å². The van der Waals surface area contributed by atoms with E-state index in [4.69, 9.17) is 15.1 Å². The summed E-state index contributed by atoms with van der Waals surface area (Å²) in [7, 11) is 0. The van der Waals surface area contributed by atoms with E-state index in [2.05, 4.69) is 0 Å². The zero-order valence-electron chi connectivity index (χ0n) is 10.7. The first kappa shape index (κ1) is 11.7. The van der Waals surface area contributed by atoms with Crippen molar-refractivity contribution in [3.63, 3.8) is 0 Å². The summed E-state index contributed by atoms with van der Waals surface area (Å²) < 4.78 is 5.58. The SMILES string of the molecule is Nc1c(C=O)sc2nc3c(c(-c4ccco4)c12)CCC3. The maximum atomic E-state index is 11.1. The van der Waals surface area contributed by atoms with Crippen LogP contribution in [0.15, 0.2) is 22.8 Å². The average Bonchev–Trinajstić information content (AvgIpc) is 3.16. The fraction of sp³-hybridized carbons (Fsp3) is 0.200. The summed E-state index contributed by atoms with van der Waals surface area (Å²) in [6.07, 6.45) is 5.53. The van der Waals surface area contributed by atoms with E-state index in [1.807, 2.05) is 12.1 Å². The second-order valence-corrected chi connectivity index (χ2v) is 5.95. The number of rotatable bonds is 2. The maximum absolute atomic E-state index is 11.1.